The molecule has 0 radical (unpaired) electrons. The molecule has 2 aromatic carbocycles. The molecule has 1 aliphatic rings. The van der Waals surface area contributed by atoms with Gasteiger partial charge < -0.3 is 33.7 Å². The molecule has 5 atom stereocenters. The van der Waals surface area contributed by atoms with Gasteiger partial charge in [0.05, 0.1) is 30.4 Å². The highest BCUT2D eigenvalue weighted by atomic mass is 16.7. The maximum Gasteiger partial charge on any atom is 0.340 e. The Morgan fingerprint density at radius 3 is 2.02 bits per heavy atom. The number of nitrogens with one attached hydrogen (secondary N) is 2. The van der Waals surface area contributed by atoms with Crippen molar-refractivity contribution in [3.05, 3.63) is 72.1 Å². The summed E-state index contributed by atoms with van der Waals surface area (Å²) in [5.41, 5.74) is 2.41. The van der Waals surface area contributed by atoms with Crippen molar-refractivity contribution in [3.8, 4) is 0 Å². The zero-order valence-electron chi connectivity index (χ0n) is 22.5. The number of benzene rings is 2. The first-order chi connectivity index (χ1) is 19.3. The molecule has 0 saturated carbocycles. The first-order valence-corrected chi connectivity index (χ1v) is 13.3. The van der Waals surface area contributed by atoms with E-state index >= 15 is 0 Å². The Kier molecular flexibility index (Phi) is 8.18. The van der Waals surface area contributed by atoms with Crippen LogP contribution in [0.25, 0.3) is 21.8 Å². The van der Waals surface area contributed by atoms with Gasteiger partial charge in [0.25, 0.3) is 0 Å². The number of H-pyrrole nitrogens is 2. The van der Waals surface area contributed by atoms with Crippen molar-refractivity contribution in [3.63, 3.8) is 0 Å². The van der Waals surface area contributed by atoms with Gasteiger partial charge in [-0.25, -0.2) is 9.59 Å². The minimum Gasteiger partial charge on any atom is -0.469 e. The number of ether oxygens (including phenoxy) is 5. The molecule has 1 saturated heterocycles. The number of hydrogen-bond donors (Lipinski definition) is 2. The number of para-hydroxylation sites is 2. The summed E-state index contributed by atoms with van der Waals surface area (Å²) in [5, 5.41) is 1.48. The van der Waals surface area contributed by atoms with Crippen LogP contribution < -0.4 is 0 Å². The summed E-state index contributed by atoms with van der Waals surface area (Å²) >= 11 is 0. The lowest BCUT2D eigenvalue weighted by Crippen LogP contribution is -2.51. The zero-order chi connectivity index (χ0) is 28.2. The van der Waals surface area contributed by atoms with E-state index in [0.29, 0.717) is 17.5 Å². The quantitative estimate of drug-likeness (QED) is 0.223. The van der Waals surface area contributed by atoms with Crippen LogP contribution >= 0.6 is 0 Å². The molecule has 0 aliphatic carbocycles. The predicted molar refractivity (Wildman–Crippen MR) is 146 cm³/mol. The maximum absolute atomic E-state index is 13.3. The lowest BCUT2D eigenvalue weighted by atomic mass is 10.0. The van der Waals surface area contributed by atoms with Gasteiger partial charge in [-0.1, -0.05) is 36.4 Å². The highest BCUT2D eigenvalue weighted by Crippen LogP contribution is 2.30. The first kappa shape index (κ1) is 27.4. The van der Waals surface area contributed by atoms with Gasteiger partial charge in [0.15, 0.2) is 12.4 Å². The first-order valence-electron chi connectivity index (χ1n) is 13.3. The zero-order valence-corrected chi connectivity index (χ0v) is 22.5. The van der Waals surface area contributed by atoms with Crippen molar-refractivity contribution in [2.75, 3.05) is 7.11 Å². The SMILES string of the molecule is COC(=O)CC[C@@H](C)O[C@@H]1O[C@@H](C)[C@H](OC(=O)c2c[nH]c3ccccc23)C[C@H]1OC(=O)c1c[nH]c2ccccc12. The second-order valence-corrected chi connectivity index (χ2v) is 9.89. The van der Waals surface area contributed by atoms with Crippen LogP contribution in [0.1, 0.15) is 53.8 Å². The minimum absolute atomic E-state index is 0.164. The molecular weight excluding hydrogens is 516 g/mol. The average molecular weight is 549 g/mol. The van der Waals surface area contributed by atoms with Crippen molar-refractivity contribution < 1.29 is 38.1 Å². The van der Waals surface area contributed by atoms with Crippen molar-refractivity contribution in [2.45, 2.75) is 63.8 Å². The molecule has 4 aromatic rings. The third-order valence-electron chi connectivity index (χ3n) is 7.12. The van der Waals surface area contributed by atoms with Gasteiger partial charge in [-0.2, -0.15) is 0 Å². The van der Waals surface area contributed by atoms with Gasteiger partial charge >= 0.3 is 17.9 Å². The van der Waals surface area contributed by atoms with Gasteiger partial charge in [0, 0.05) is 47.0 Å². The largest absolute Gasteiger partial charge is 0.469 e. The Hall–Kier alpha value is -4.15. The molecule has 0 spiro atoms. The number of carbonyl (C=O) groups excluding carboxylic acids is 3. The number of esters is 3. The molecular formula is C30H32N2O8. The average Bonchev–Trinajstić information content (AvgIpc) is 3.59. The molecule has 1 aliphatic heterocycles. The van der Waals surface area contributed by atoms with Crippen LogP contribution in [0.4, 0.5) is 0 Å². The Morgan fingerprint density at radius 1 is 0.900 bits per heavy atom. The summed E-state index contributed by atoms with van der Waals surface area (Å²) in [7, 11) is 1.33. The lowest BCUT2D eigenvalue weighted by molar-refractivity contribution is -0.272. The fourth-order valence-corrected chi connectivity index (χ4v) is 4.89. The normalized spacial score (nSPS) is 21.7. The number of fused-ring (bicyclic) bond motifs is 2. The monoisotopic (exact) mass is 548 g/mol. The summed E-state index contributed by atoms with van der Waals surface area (Å²) in [4.78, 5) is 44.2. The molecule has 1 fully saturated rings. The molecule has 210 valence electrons. The summed E-state index contributed by atoms with van der Waals surface area (Å²) in [6.07, 6.45) is 0.496. The van der Waals surface area contributed by atoms with Crippen LogP contribution in [0.5, 0.6) is 0 Å². The highest BCUT2D eigenvalue weighted by Gasteiger charge is 2.42. The van der Waals surface area contributed by atoms with Gasteiger partial charge in [-0.15, -0.1) is 0 Å². The van der Waals surface area contributed by atoms with Crippen LogP contribution in [0, 0.1) is 0 Å². The number of aromatic nitrogens is 2. The second kappa shape index (κ2) is 11.9. The molecule has 5 rings (SSSR count). The third-order valence-corrected chi connectivity index (χ3v) is 7.12. The van der Waals surface area contributed by atoms with Gasteiger partial charge in [0.1, 0.15) is 6.10 Å². The Morgan fingerprint density at radius 2 is 1.45 bits per heavy atom. The third kappa shape index (κ3) is 5.88. The lowest BCUT2D eigenvalue weighted by Gasteiger charge is -2.39. The van der Waals surface area contributed by atoms with E-state index in [0.717, 1.165) is 21.8 Å². The van der Waals surface area contributed by atoms with Crippen LogP contribution in [-0.4, -0.2) is 65.7 Å². The van der Waals surface area contributed by atoms with Gasteiger partial charge in [-0.3, -0.25) is 4.79 Å². The number of methoxy groups -OCH3 is 1. The summed E-state index contributed by atoms with van der Waals surface area (Å²) in [6, 6.07) is 14.9. The Bertz CT molecular complexity index is 1510. The smallest absolute Gasteiger partial charge is 0.340 e. The van der Waals surface area contributed by atoms with Crippen molar-refractivity contribution in [1.29, 1.82) is 0 Å². The fourth-order valence-electron chi connectivity index (χ4n) is 4.89. The van der Waals surface area contributed by atoms with Crippen LogP contribution in [0.15, 0.2) is 60.9 Å². The Labute approximate surface area is 230 Å². The topological polar surface area (TPSA) is 129 Å². The van der Waals surface area contributed by atoms with E-state index in [-0.39, 0.29) is 18.8 Å². The van der Waals surface area contributed by atoms with Crippen LogP contribution in [0.3, 0.4) is 0 Å². The fraction of sp³-hybridized carbons (Fsp3) is 0.367. The van der Waals surface area contributed by atoms with Crippen LogP contribution in [-0.2, 0) is 28.5 Å². The maximum atomic E-state index is 13.3. The number of hydrogen-bond acceptors (Lipinski definition) is 8. The van der Waals surface area contributed by atoms with Crippen molar-refractivity contribution in [1.82, 2.24) is 9.97 Å². The standard InChI is InChI=1S/C30H32N2O8/c1-17(12-13-27(33)36-3)37-30-26(40-29(35)22-16-32-24-11-7-5-9-20(22)24)14-25(18(2)38-30)39-28(34)21-15-31-23-10-6-4-8-19(21)23/h4-11,15-18,25-26,30-32H,12-14H2,1-3H3/t17-,18+,25-,26-,30-/m1/s1. The number of aromatic amines is 2. The van der Waals surface area contributed by atoms with E-state index in [9.17, 15) is 14.4 Å². The molecule has 2 N–H and O–H groups in total. The van der Waals surface area contributed by atoms with Crippen LogP contribution in [0.2, 0.25) is 0 Å². The van der Waals surface area contributed by atoms with Crippen molar-refractivity contribution in [2.24, 2.45) is 0 Å². The number of rotatable bonds is 9. The van der Waals surface area contributed by atoms with Gasteiger partial charge in [0.2, 0.25) is 0 Å². The summed E-state index contributed by atoms with van der Waals surface area (Å²) in [5.74, 6) is -1.41. The molecule has 3 heterocycles. The molecule has 0 amide bonds. The molecule has 2 aromatic heterocycles. The molecule has 0 bridgehead atoms. The molecule has 10 heteroatoms. The molecule has 10 nitrogen and oxygen atoms in total. The van der Waals surface area contributed by atoms with Crippen molar-refractivity contribution >= 4 is 39.7 Å². The molecule has 40 heavy (non-hydrogen) atoms. The second-order valence-electron chi connectivity index (χ2n) is 9.89. The van der Waals surface area contributed by atoms with E-state index in [1.807, 2.05) is 48.5 Å². The summed E-state index contributed by atoms with van der Waals surface area (Å²) < 4.78 is 28.7. The van der Waals surface area contributed by atoms with E-state index in [1.54, 1.807) is 26.2 Å². The Balaban J connectivity index is 1.33. The van der Waals surface area contributed by atoms with E-state index in [1.165, 1.54) is 7.11 Å². The predicted octanol–water partition coefficient (Wildman–Crippen LogP) is 4.89. The highest BCUT2D eigenvalue weighted by molar-refractivity contribution is 6.04. The minimum atomic E-state index is -0.931. The number of carbonyl (C=O) groups is 3. The van der Waals surface area contributed by atoms with E-state index < -0.39 is 42.6 Å². The van der Waals surface area contributed by atoms with Gasteiger partial charge in [-0.05, 0) is 32.4 Å². The van der Waals surface area contributed by atoms with E-state index in [2.05, 4.69) is 9.97 Å². The van der Waals surface area contributed by atoms with E-state index in [4.69, 9.17) is 23.7 Å². The molecule has 0 unspecified atom stereocenters. The summed E-state index contributed by atoms with van der Waals surface area (Å²) in [6.45, 7) is 3.58.